The van der Waals surface area contributed by atoms with Gasteiger partial charge in [-0.3, -0.25) is 0 Å². The molecule has 0 saturated heterocycles. The van der Waals surface area contributed by atoms with Crippen LogP contribution in [0.4, 0.5) is 0 Å². The second kappa shape index (κ2) is 11.9. The van der Waals surface area contributed by atoms with Gasteiger partial charge in [-0.2, -0.15) is 0 Å². The highest BCUT2D eigenvalue weighted by Crippen LogP contribution is 1.98. The molecule has 0 amide bonds. The van der Waals surface area contributed by atoms with Crippen molar-refractivity contribution in [2.75, 3.05) is 60.0 Å². The molecule has 1 atom stereocenters. The molecular weight excluding hydrogens is 226 g/mol. The molecule has 1 unspecified atom stereocenters. The predicted octanol–water partition coefficient (Wildman–Crippen LogP) is 1.27. The van der Waals surface area contributed by atoms with E-state index in [1.165, 1.54) is 19.5 Å². The summed E-state index contributed by atoms with van der Waals surface area (Å²) in [5, 5.41) is 3.31. The third-order valence-electron chi connectivity index (χ3n) is 3.55. The highest BCUT2D eigenvalue weighted by atomic mass is 16.5. The number of rotatable bonds is 12. The molecule has 0 spiro atoms. The molecule has 0 radical (unpaired) electrons. The highest BCUT2D eigenvalue weighted by Gasteiger charge is 2.11. The molecule has 18 heavy (non-hydrogen) atoms. The lowest BCUT2D eigenvalue weighted by atomic mass is 10.2. The molecule has 0 aliphatic carbocycles. The molecule has 1 N–H and O–H groups in total. The van der Waals surface area contributed by atoms with Gasteiger partial charge in [-0.1, -0.05) is 20.8 Å². The number of hydrogen-bond donors (Lipinski definition) is 1. The monoisotopic (exact) mass is 259 g/mol. The lowest BCUT2D eigenvalue weighted by Gasteiger charge is -2.27. The van der Waals surface area contributed by atoms with Crippen LogP contribution in [-0.2, 0) is 4.74 Å². The molecule has 0 bridgehead atoms. The van der Waals surface area contributed by atoms with Crippen LogP contribution in [0.1, 0.15) is 27.2 Å². The average molecular weight is 259 g/mol. The molecular formula is C14H33N3O. The van der Waals surface area contributed by atoms with Crippen molar-refractivity contribution in [3.8, 4) is 0 Å². The van der Waals surface area contributed by atoms with Crippen LogP contribution in [0.5, 0.6) is 0 Å². The second-order valence-corrected chi connectivity index (χ2v) is 4.71. The minimum atomic E-state index is 0.434. The maximum absolute atomic E-state index is 5.22. The Hall–Kier alpha value is -0.160. The summed E-state index contributed by atoms with van der Waals surface area (Å²) < 4.78 is 5.22. The number of methoxy groups -OCH3 is 1. The lowest BCUT2D eigenvalue weighted by Crippen LogP contribution is -2.43. The first-order chi connectivity index (χ1) is 8.71. The summed E-state index contributed by atoms with van der Waals surface area (Å²) in [5.41, 5.74) is 0. The summed E-state index contributed by atoms with van der Waals surface area (Å²) in [6.07, 6.45) is 1.25. The van der Waals surface area contributed by atoms with Gasteiger partial charge in [-0.05, 0) is 46.2 Å². The van der Waals surface area contributed by atoms with E-state index in [2.05, 4.69) is 35.9 Å². The van der Waals surface area contributed by atoms with Crippen LogP contribution in [0, 0.1) is 0 Å². The molecule has 110 valence electrons. The first-order valence-corrected chi connectivity index (χ1v) is 7.32. The van der Waals surface area contributed by atoms with E-state index in [0.29, 0.717) is 6.04 Å². The van der Waals surface area contributed by atoms with Crippen LogP contribution in [-0.4, -0.2) is 75.9 Å². The quantitative estimate of drug-likeness (QED) is 0.571. The Bertz CT molecular complexity index is 174. The van der Waals surface area contributed by atoms with Crippen molar-refractivity contribution in [2.45, 2.75) is 33.2 Å². The van der Waals surface area contributed by atoms with Gasteiger partial charge in [0.2, 0.25) is 0 Å². The van der Waals surface area contributed by atoms with Gasteiger partial charge in [0.05, 0.1) is 6.61 Å². The van der Waals surface area contributed by atoms with Crippen LogP contribution < -0.4 is 5.32 Å². The average Bonchev–Trinajstić information content (AvgIpc) is 2.41. The third kappa shape index (κ3) is 8.03. The van der Waals surface area contributed by atoms with Gasteiger partial charge in [0.15, 0.2) is 0 Å². The smallest absolute Gasteiger partial charge is 0.0628 e. The molecule has 0 aromatic rings. The molecule has 0 saturated carbocycles. The fourth-order valence-corrected chi connectivity index (χ4v) is 2.18. The summed E-state index contributed by atoms with van der Waals surface area (Å²) in [6, 6.07) is 0.434. The third-order valence-corrected chi connectivity index (χ3v) is 3.55. The van der Waals surface area contributed by atoms with Gasteiger partial charge in [-0.15, -0.1) is 0 Å². The fraction of sp³-hybridized carbons (Fsp3) is 1.00. The van der Waals surface area contributed by atoms with E-state index < -0.39 is 0 Å². The Morgan fingerprint density at radius 2 is 1.56 bits per heavy atom. The van der Waals surface area contributed by atoms with Crippen LogP contribution in [0.15, 0.2) is 0 Å². The summed E-state index contributed by atoms with van der Waals surface area (Å²) in [5.74, 6) is 0. The van der Waals surface area contributed by atoms with Crippen LogP contribution in [0.2, 0.25) is 0 Å². The summed E-state index contributed by atoms with van der Waals surface area (Å²) >= 11 is 0. The number of likely N-dealkylation sites (N-methyl/N-ethyl adjacent to an activating group) is 2. The van der Waals surface area contributed by atoms with Crippen molar-refractivity contribution >= 4 is 0 Å². The summed E-state index contributed by atoms with van der Waals surface area (Å²) in [4.78, 5) is 4.99. The van der Waals surface area contributed by atoms with Crippen molar-refractivity contribution in [1.82, 2.24) is 15.1 Å². The lowest BCUT2D eigenvalue weighted by molar-refractivity contribution is 0.140. The minimum Gasteiger partial charge on any atom is -0.383 e. The van der Waals surface area contributed by atoms with Gasteiger partial charge in [0.1, 0.15) is 0 Å². The predicted molar refractivity (Wildman–Crippen MR) is 79.2 cm³/mol. The summed E-state index contributed by atoms with van der Waals surface area (Å²) in [6.45, 7) is 14.4. The van der Waals surface area contributed by atoms with E-state index >= 15 is 0 Å². The van der Waals surface area contributed by atoms with E-state index in [-0.39, 0.29) is 0 Å². The Morgan fingerprint density at radius 1 is 1.00 bits per heavy atom. The second-order valence-electron chi connectivity index (χ2n) is 4.71. The number of nitrogens with one attached hydrogen (secondary N) is 1. The van der Waals surface area contributed by atoms with Gasteiger partial charge in [0, 0.05) is 19.7 Å². The fourth-order valence-electron chi connectivity index (χ4n) is 2.18. The molecule has 4 heteroatoms. The Balaban J connectivity index is 3.87. The number of ether oxygens (including phenoxy) is 1. The molecule has 0 rings (SSSR count). The number of hydrogen-bond acceptors (Lipinski definition) is 4. The molecule has 0 aliphatic heterocycles. The first-order valence-electron chi connectivity index (χ1n) is 7.32. The van der Waals surface area contributed by atoms with Crippen LogP contribution in [0.3, 0.4) is 0 Å². The van der Waals surface area contributed by atoms with Gasteiger partial charge >= 0.3 is 0 Å². The summed E-state index contributed by atoms with van der Waals surface area (Å²) in [7, 11) is 3.77. The normalized spacial score (nSPS) is 13.5. The standard InChI is InChI=1S/C14H33N3O/c1-6-16(7-2)10-9-11-17(8-3)12-14(15-4)13-18-5/h14-15H,6-13H2,1-5H3. The van der Waals surface area contributed by atoms with E-state index in [1.54, 1.807) is 7.11 Å². The Labute approximate surface area is 114 Å². The zero-order valence-corrected chi connectivity index (χ0v) is 13.0. The van der Waals surface area contributed by atoms with Crippen molar-refractivity contribution < 1.29 is 4.74 Å². The highest BCUT2D eigenvalue weighted by molar-refractivity contribution is 4.70. The van der Waals surface area contributed by atoms with Gasteiger partial charge in [-0.25, -0.2) is 0 Å². The Kier molecular flexibility index (Phi) is 11.8. The van der Waals surface area contributed by atoms with Crippen molar-refractivity contribution in [1.29, 1.82) is 0 Å². The molecule has 4 nitrogen and oxygen atoms in total. The molecule has 0 aliphatic rings. The van der Waals surface area contributed by atoms with Crippen LogP contribution in [0.25, 0.3) is 0 Å². The number of nitrogens with zero attached hydrogens (tertiary/aromatic N) is 2. The van der Waals surface area contributed by atoms with E-state index in [1.807, 2.05) is 7.05 Å². The first kappa shape index (κ1) is 17.8. The topological polar surface area (TPSA) is 27.7 Å². The zero-order chi connectivity index (χ0) is 13.8. The van der Waals surface area contributed by atoms with Crippen LogP contribution >= 0.6 is 0 Å². The SMILES string of the molecule is CCN(CC)CCCN(CC)CC(COC)NC. The zero-order valence-electron chi connectivity index (χ0n) is 13.0. The molecule has 0 fully saturated rings. The Morgan fingerprint density at radius 3 is 2.00 bits per heavy atom. The van der Waals surface area contributed by atoms with E-state index in [0.717, 1.165) is 32.8 Å². The maximum atomic E-state index is 5.22. The van der Waals surface area contributed by atoms with E-state index in [9.17, 15) is 0 Å². The van der Waals surface area contributed by atoms with Crippen molar-refractivity contribution in [2.24, 2.45) is 0 Å². The van der Waals surface area contributed by atoms with Gasteiger partial charge < -0.3 is 19.9 Å². The van der Waals surface area contributed by atoms with Crippen molar-refractivity contribution in [3.05, 3.63) is 0 Å². The molecule has 0 aromatic carbocycles. The van der Waals surface area contributed by atoms with Gasteiger partial charge in [0.25, 0.3) is 0 Å². The molecule has 0 aromatic heterocycles. The molecule has 0 heterocycles. The van der Waals surface area contributed by atoms with Crippen molar-refractivity contribution in [3.63, 3.8) is 0 Å². The maximum Gasteiger partial charge on any atom is 0.0628 e. The van der Waals surface area contributed by atoms with E-state index in [4.69, 9.17) is 4.74 Å². The minimum absolute atomic E-state index is 0.434. The largest absolute Gasteiger partial charge is 0.383 e.